The molecule has 6 rings (SSSR count). The molecular formula is C19H15F3N8O. The van der Waals surface area contributed by atoms with Crippen LogP contribution >= 0.6 is 0 Å². The minimum Gasteiger partial charge on any atom is -0.341 e. The first-order chi connectivity index (χ1) is 14.9. The fourth-order valence-electron chi connectivity index (χ4n) is 5.03. The van der Waals surface area contributed by atoms with Gasteiger partial charge in [0.1, 0.15) is 5.82 Å². The van der Waals surface area contributed by atoms with Gasteiger partial charge in [-0.1, -0.05) is 0 Å². The number of hydrogen-bond acceptors (Lipinski definition) is 7. The number of carbonyl (C=O) groups excluding carboxylic acids is 1. The Bertz CT molecular complexity index is 1130. The summed E-state index contributed by atoms with van der Waals surface area (Å²) in [5, 5.41) is 8.16. The summed E-state index contributed by atoms with van der Waals surface area (Å²) in [6, 6.07) is 3.41. The Hall–Kier alpha value is -3.57. The second-order valence-corrected chi connectivity index (χ2v) is 7.76. The van der Waals surface area contributed by atoms with Crippen molar-refractivity contribution in [1.29, 1.82) is 0 Å². The Balaban J connectivity index is 1.26. The van der Waals surface area contributed by atoms with Crippen LogP contribution in [0.25, 0.3) is 5.82 Å². The molecule has 31 heavy (non-hydrogen) atoms. The highest BCUT2D eigenvalue weighted by Crippen LogP contribution is 2.54. The van der Waals surface area contributed by atoms with Gasteiger partial charge in [0, 0.05) is 6.20 Å². The zero-order valence-corrected chi connectivity index (χ0v) is 15.9. The minimum atomic E-state index is -4.52. The Kier molecular flexibility index (Phi) is 3.65. The van der Waals surface area contributed by atoms with Gasteiger partial charge in [0.05, 0.1) is 54.5 Å². The fraction of sp³-hybridized carbons (Fsp3) is 0.368. The number of aromatic nitrogens is 6. The van der Waals surface area contributed by atoms with E-state index in [1.807, 2.05) is 9.80 Å². The van der Waals surface area contributed by atoms with Gasteiger partial charge in [0.15, 0.2) is 11.5 Å². The maximum Gasteiger partial charge on any atom is 0.434 e. The predicted molar refractivity (Wildman–Crippen MR) is 99.2 cm³/mol. The highest BCUT2D eigenvalue weighted by Gasteiger charge is 2.69. The number of piperazine rings is 1. The largest absolute Gasteiger partial charge is 0.434 e. The van der Waals surface area contributed by atoms with Crippen LogP contribution < -0.4 is 4.90 Å². The SMILES string of the molecule is O=C(c1cccnc1-n1nccn1)N1C2CCC1C1C2N1c1cnc(C(F)(F)F)cn1. The molecular weight excluding hydrogens is 413 g/mol. The molecule has 0 aliphatic carbocycles. The molecule has 3 aromatic heterocycles. The Labute approximate surface area is 173 Å². The molecule has 2 bridgehead atoms. The average molecular weight is 428 g/mol. The highest BCUT2D eigenvalue weighted by atomic mass is 19.4. The molecule has 0 radical (unpaired) electrons. The topological polar surface area (TPSA) is 92.7 Å². The summed E-state index contributed by atoms with van der Waals surface area (Å²) >= 11 is 0. The Morgan fingerprint density at radius 3 is 2.29 bits per heavy atom. The lowest BCUT2D eigenvalue weighted by molar-refractivity contribution is -0.141. The summed E-state index contributed by atoms with van der Waals surface area (Å²) in [5.74, 6) is 0.635. The van der Waals surface area contributed by atoms with Crippen molar-refractivity contribution < 1.29 is 18.0 Å². The molecule has 3 aromatic rings. The molecule has 4 unspecified atom stereocenters. The Morgan fingerprint density at radius 1 is 0.968 bits per heavy atom. The maximum atomic E-state index is 13.4. The molecule has 6 heterocycles. The Morgan fingerprint density at radius 2 is 1.68 bits per heavy atom. The smallest absolute Gasteiger partial charge is 0.341 e. The van der Waals surface area contributed by atoms with Crippen LogP contribution in [-0.2, 0) is 6.18 Å². The third-order valence-electron chi connectivity index (χ3n) is 6.22. The minimum absolute atomic E-state index is 0.0368. The van der Waals surface area contributed by atoms with Gasteiger partial charge in [0.2, 0.25) is 0 Å². The van der Waals surface area contributed by atoms with Crippen molar-refractivity contribution in [2.75, 3.05) is 4.90 Å². The van der Waals surface area contributed by atoms with Crippen LogP contribution in [0.4, 0.5) is 19.0 Å². The van der Waals surface area contributed by atoms with E-state index < -0.39 is 11.9 Å². The first kappa shape index (κ1) is 18.2. The monoisotopic (exact) mass is 428 g/mol. The van der Waals surface area contributed by atoms with Crippen molar-refractivity contribution in [3.63, 3.8) is 0 Å². The van der Waals surface area contributed by atoms with Crippen molar-refractivity contribution in [2.45, 2.75) is 43.2 Å². The van der Waals surface area contributed by atoms with E-state index >= 15 is 0 Å². The molecule has 12 heteroatoms. The van der Waals surface area contributed by atoms with E-state index in [0.717, 1.165) is 25.2 Å². The van der Waals surface area contributed by atoms with E-state index in [1.54, 1.807) is 18.3 Å². The highest BCUT2D eigenvalue weighted by molar-refractivity contribution is 5.98. The van der Waals surface area contributed by atoms with Gasteiger partial charge >= 0.3 is 6.18 Å². The van der Waals surface area contributed by atoms with Gasteiger partial charge in [0.25, 0.3) is 5.91 Å². The summed E-state index contributed by atoms with van der Waals surface area (Å²) in [5.41, 5.74) is -0.600. The first-order valence-electron chi connectivity index (χ1n) is 9.77. The molecule has 3 saturated heterocycles. The molecule has 0 aromatic carbocycles. The van der Waals surface area contributed by atoms with Gasteiger partial charge in [-0.05, 0) is 25.0 Å². The van der Waals surface area contributed by atoms with Crippen LogP contribution in [0.2, 0.25) is 0 Å². The van der Waals surface area contributed by atoms with Crippen LogP contribution in [0, 0.1) is 0 Å². The molecule has 1 amide bonds. The normalized spacial score (nSPS) is 26.3. The first-order valence-corrected chi connectivity index (χ1v) is 9.77. The van der Waals surface area contributed by atoms with Crippen molar-refractivity contribution in [3.8, 4) is 5.82 Å². The molecule has 0 N–H and O–H groups in total. The second-order valence-electron chi connectivity index (χ2n) is 7.76. The number of carbonyl (C=O) groups is 1. The number of fused-ring (bicyclic) bond motifs is 5. The van der Waals surface area contributed by atoms with Gasteiger partial charge in [-0.3, -0.25) is 4.79 Å². The molecule has 0 spiro atoms. The van der Waals surface area contributed by atoms with Crippen LogP contribution in [0.15, 0.2) is 43.1 Å². The number of anilines is 1. The lowest BCUT2D eigenvalue weighted by Crippen LogP contribution is -2.43. The number of hydrogen-bond donors (Lipinski definition) is 0. The van der Waals surface area contributed by atoms with Crippen LogP contribution in [0.1, 0.15) is 28.9 Å². The molecule has 158 valence electrons. The number of pyridine rings is 1. The zero-order valence-electron chi connectivity index (χ0n) is 15.9. The van der Waals surface area contributed by atoms with E-state index in [0.29, 0.717) is 17.2 Å². The summed E-state index contributed by atoms with van der Waals surface area (Å²) in [4.78, 5) is 30.4. The number of nitrogens with zero attached hydrogens (tertiary/aromatic N) is 8. The van der Waals surface area contributed by atoms with E-state index in [1.165, 1.54) is 17.2 Å². The van der Waals surface area contributed by atoms with Gasteiger partial charge in [-0.25, -0.2) is 15.0 Å². The number of halogens is 3. The van der Waals surface area contributed by atoms with Crippen LogP contribution in [-0.4, -0.2) is 64.9 Å². The molecule has 3 fully saturated rings. The van der Waals surface area contributed by atoms with Crippen LogP contribution in [0.3, 0.4) is 0 Å². The molecule has 4 atom stereocenters. The number of amides is 1. The lowest BCUT2D eigenvalue weighted by atomic mass is 10.0. The average Bonchev–Trinajstić information content (AvgIpc) is 3.12. The quantitative estimate of drug-likeness (QED) is 0.587. The van der Waals surface area contributed by atoms with Crippen molar-refractivity contribution in [2.24, 2.45) is 0 Å². The summed E-state index contributed by atoms with van der Waals surface area (Å²) < 4.78 is 38.3. The van der Waals surface area contributed by atoms with Gasteiger partial charge < -0.3 is 9.80 Å². The molecule has 3 aliphatic rings. The van der Waals surface area contributed by atoms with E-state index in [4.69, 9.17) is 0 Å². The predicted octanol–water partition coefficient (Wildman–Crippen LogP) is 1.72. The summed E-state index contributed by atoms with van der Waals surface area (Å²) in [7, 11) is 0. The second kappa shape index (κ2) is 6.22. The third-order valence-corrected chi connectivity index (χ3v) is 6.22. The zero-order chi connectivity index (χ0) is 21.3. The summed E-state index contributed by atoms with van der Waals surface area (Å²) in [6.45, 7) is 0. The standard InChI is InChI=1S/C19H15F3N8O/c20-19(21,22)13-8-25-14(9-24-13)29-15-11-3-4-12(16(15)29)28(11)18(31)10-2-1-5-23-17(10)30-26-6-7-27-30/h1-2,5-9,11-12,15-16H,3-4H2. The fourth-order valence-corrected chi connectivity index (χ4v) is 5.03. The van der Waals surface area contributed by atoms with Gasteiger partial charge in [-0.2, -0.15) is 23.4 Å². The van der Waals surface area contributed by atoms with Crippen molar-refractivity contribution in [1.82, 2.24) is 34.8 Å². The number of rotatable bonds is 3. The maximum absolute atomic E-state index is 13.4. The van der Waals surface area contributed by atoms with Crippen molar-refractivity contribution >= 4 is 11.7 Å². The summed E-state index contributed by atoms with van der Waals surface area (Å²) in [6.07, 6.45) is 3.67. The van der Waals surface area contributed by atoms with Gasteiger partial charge in [-0.15, -0.1) is 4.80 Å². The third kappa shape index (κ3) is 2.63. The van der Waals surface area contributed by atoms with Crippen LogP contribution in [0.5, 0.6) is 0 Å². The van der Waals surface area contributed by atoms with E-state index in [9.17, 15) is 18.0 Å². The molecule has 3 aliphatic heterocycles. The van der Waals surface area contributed by atoms with Crippen molar-refractivity contribution in [3.05, 3.63) is 54.4 Å². The van der Waals surface area contributed by atoms with E-state index in [-0.39, 0.29) is 30.1 Å². The van der Waals surface area contributed by atoms with E-state index in [2.05, 4.69) is 25.1 Å². The lowest BCUT2D eigenvalue weighted by Gasteiger charge is -2.28. The number of alkyl halides is 3. The molecule has 9 nitrogen and oxygen atoms in total. The molecule has 0 saturated carbocycles.